The zero-order chi connectivity index (χ0) is 20.1. The Hall–Kier alpha value is -3.94. The molecular weight excluding hydrogens is 360 g/mol. The van der Waals surface area contributed by atoms with Crippen LogP contribution < -0.4 is 11.1 Å². The number of esters is 1. The van der Waals surface area contributed by atoms with E-state index >= 15 is 0 Å². The minimum Gasteiger partial charge on any atom is -0.448 e. The second-order valence-corrected chi connectivity index (χ2v) is 5.93. The largest absolute Gasteiger partial charge is 0.448 e. The molecule has 0 saturated carbocycles. The van der Waals surface area contributed by atoms with Crippen LogP contribution in [0.3, 0.4) is 0 Å². The van der Waals surface area contributed by atoms with Crippen molar-refractivity contribution in [3.8, 4) is 16.9 Å². The number of urea groups is 1. The van der Waals surface area contributed by atoms with Crippen LogP contribution in [0.15, 0.2) is 66.7 Å². The second kappa shape index (κ2) is 8.17. The van der Waals surface area contributed by atoms with Gasteiger partial charge in [-0.05, 0) is 25.1 Å². The van der Waals surface area contributed by atoms with Crippen LogP contribution in [0.5, 0.6) is 0 Å². The number of ether oxygens (including phenoxy) is 1. The van der Waals surface area contributed by atoms with Gasteiger partial charge in [-0.25, -0.2) is 14.3 Å². The Morgan fingerprint density at radius 3 is 2.25 bits per heavy atom. The summed E-state index contributed by atoms with van der Waals surface area (Å²) >= 11 is 0. The van der Waals surface area contributed by atoms with Gasteiger partial charge in [-0.15, -0.1) is 0 Å². The van der Waals surface area contributed by atoms with Gasteiger partial charge in [0.15, 0.2) is 11.8 Å². The molecule has 0 aliphatic heterocycles. The average molecular weight is 378 g/mol. The van der Waals surface area contributed by atoms with Gasteiger partial charge in [0.25, 0.3) is 5.91 Å². The third-order valence-electron chi connectivity index (χ3n) is 3.89. The number of hydrogen-bond donors (Lipinski definition) is 2. The van der Waals surface area contributed by atoms with Gasteiger partial charge < -0.3 is 10.5 Å². The summed E-state index contributed by atoms with van der Waals surface area (Å²) in [6.45, 7) is 1.34. The number of nitrogens with two attached hydrogens (primary N) is 1. The van der Waals surface area contributed by atoms with Crippen LogP contribution in [0.4, 0.5) is 4.79 Å². The molecule has 8 heteroatoms. The Bertz CT molecular complexity index is 1000. The number of benzene rings is 2. The highest BCUT2D eigenvalue weighted by molar-refractivity contribution is 5.98. The van der Waals surface area contributed by atoms with E-state index < -0.39 is 24.0 Å². The highest BCUT2D eigenvalue weighted by atomic mass is 16.5. The van der Waals surface area contributed by atoms with Crippen molar-refractivity contribution < 1.29 is 19.1 Å². The molecule has 2 aromatic carbocycles. The van der Waals surface area contributed by atoms with Gasteiger partial charge in [0.1, 0.15) is 0 Å². The van der Waals surface area contributed by atoms with Crippen molar-refractivity contribution in [2.45, 2.75) is 13.0 Å². The lowest BCUT2D eigenvalue weighted by atomic mass is 10.1. The van der Waals surface area contributed by atoms with E-state index in [0.717, 1.165) is 5.56 Å². The molecule has 1 atom stereocenters. The monoisotopic (exact) mass is 378 g/mol. The van der Waals surface area contributed by atoms with Crippen molar-refractivity contribution in [1.82, 2.24) is 15.1 Å². The van der Waals surface area contributed by atoms with E-state index in [9.17, 15) is 14.4 Å². The van der Waals surface area contributed by atoms with Crippen LogP contribution in [-0.4, -0.2) is 33.8 Å². The number of hydrogen-bond acceptors (Lipinski definition) is 5. The first-order valence-electron chi connectivity index (χ1n) is 8.48. The number of para-hydroxylation sites is 1. The summed E-state index contributed by atoms with van der Waals surface area (Å²) < 4.78 is 6.64. The summed E-state index contributed by atoms with van der Waals surface area (Å²) in [5, 5.41) is 6.39. The quantitative estimate of drug-likeness (QED) is 0.661. The Morgan fingerprint density at radius 2 is 1.64 bits per heavy atom. The zero-order valence-corrected chi connectivity index (χ0v) is 15.0. The molecule has 0 fully saturated rings. The number of nitrogens with one attached hydrogen (secondary N) is 1. The van der Waals surface area contributed by atoms with E-state index in [4.69, 9.17) is 10.5 Å². The van der Waals surface area contributed by atoms with E-state index in [0.29, 0.717) is 11.4 Å². The third kappa shape index (κ3) is 4.24. The summed E-state index contributed by atoms with van der Waals surface area (Å²) in [7, 11) is 0. The smallest absolute Gasteiger partial charge is 0.357 e. The van der Waals surface area contributed by atoms with E-state index in [-0.39, 0.29) is 5.69 Å². The van der Waals surface area contributed by atoms with Crippen molar-refractivity contribution in [2.24, 2.45) is 5.73 Å². The number of carbonyl (C=O) groups is 3. The number of primary amides is 1. The minimum atomic E-state index is -1.21. The normalized spacial score (nSPS) is 11.5. The molecule has 1 heterocycles. The van der Waals surface area contributed by atoms with E-state index in [1.807, 2.05) is 53.8 Å². The first kappa shape index (κ1) is 18.8. The third-order valence-corrected chi connectivity index (χ3v) is 3.89. The summed E-state index contributed by atoms with van der Waals surface area (Å²) in [5.41, 5.74) is 7.12. The Balaban J connectivity index is 1.94. The van der Waals surface area contributed by atoms with Crippen LogP contribution in [0, 0.1) is 0 Å². The van der Waals surface area contributed by atoms with Gasteiger partial charge >= 0.3 is 12.0 Å². The van der Waals surface area contributed by atoms with Crippen molar-refractivity contribution in [3.05, 3.63) is 72.4 Å². The molecule has 0 unspecified atom stereocenters. The molecule has 0 spiro atoms. The van der Waals surface area contributed by atoms with E-state index in [1.165, 1.54) is 11.6 Å². The average Bonchev–Trinajstić information content (AvgIpc) is 3.14. The lowest BCUT2D eigenvalue weighted by molar-refractivity contribution is -0.127. The number of imide groups is 1. The summed E-state index contributed by atoms with van der Waals surface area (Å²) in [5.74, 6) is -1.57. The molecular formula is C20H18N4O4. The first-order chi connectivity index (χ1) is 13.5. The molecule has 8 nitrogen and oxygen atoms in total. The lowest BCUT2D eigenvalue weighted by Crippen LogP contribution is -2.42. The van der Waals surface area contributed by atoms with Gasteiger partial charge in [0.05, 0.1) is 11.4 Å². The minimum absolute atomic E-state index is 0.142. The Kier molecular flexibility index (Phi) is 5.50. The number of aromatic nitrogens is 2. The molecule has 3 amide bonds. The molecule has 28 heavy (non-hydrogen) atoms. The van der Waals surface area contributed by atoms with Crippen LogP contribution >= 0.6 is 0 Å². The SMILES string of the molecule is C[C@@H](OC(=O)c1cc(-c2ccccc2)nn1-c1ccccc1)C(=O)NC(N)=O. The maximum Gasteiger partial charge on any atom is 0.357 e. The predicted octanol–water partition coefficient (Wildman–Crippen LogP) is 2.28. The summed E-state index contributed by atoms with van der Waals surface area (Å²) in [6, 6.07) is 19.0. The van der Waals surface area contributed by atoms with Gasteiger partial charge in [0, 0.05) is 5.56 Å². The molecule has 0 radical (unpaired) electrons. The maximum atomic E-state index is 12.7. The summed E-state index contributed by atoms with van der Waals surface area (Å²) in [6.07, 6.45) is -1.21. The fraction of sp³-hybridized carbons (Fsp3) is 0.100. The molecule has 3 aromatic rings. The molecule has 0 aliphatic carbocycles. The zero-order valence-electron chi connectivity index (χ0n) is 15.0. The highest BCUT2D eigenvalue weighted by Gasteiger charge is 2.24. The van der Waals surface area contributed by atoms with Crippen LogP contribution in [0.1, 0.15) is 17.4 Å². The molecule has 3 rings (SSSR count). The van der Waals surface area contributed by atoms with E-state index in [2.05, 4.69) is 5.10 Å². The fourth-order valence-corrected chi connectivity index (χ4v) is 2.54. The fourth-order valence-electron chi connectivity index (χ4n) is 2.54. The molecule has 0 saturated heterocycles. The van der Waals surface area contributed by atoms with Gasteiger partial charge in [-0.3, -0.25) is 10.1 Å². The standard InChI is InChI=1S/C20H18N4O4/c1-13(18(25)22-20(21)27)28-19(26)17-12-16(14-8-4-2-5-9-14)23-24(17)15-10-6-3-7-11-15/h2-13H,1H3,(H3,21,22,25,27)/t13-/m1/s1. The van der Waals surface area contributed by atoms with Crippen molar-refractivity contribution in [3.63, 3.8) is 0 Å². The van der Waals surface area contributed by atoms with Gasteiger partial charge in [-0.1, -0.05) is 48.5 Å². The van der Waals surface area contributed by atoms with Gasteiger partial charge in [-0.2, -0.15) is 5.10 Å². The summed E-state index contributed by atoms with van der Waals surface area (Å²) in [4.78, 5) is 35.3. The number of amides is 3. The molecule has 0 aliphatic rings. The molecule has 0 bridgehead atoms. The first-order valence-corrected chi connectivity index (χ1v) is 8.48. The van der Waals surface area contributed by atoms with Crippen LogP contribution in [0.2, 0.25) is 0 Å². The highest BCUT2D eigenvalue weighted by Crippen LogP contribution is 2.22. The molecule has 142 valence electrons. The number of carbonyl (C=O) groups excluding carboxylic acids is 3. The number of rotatable bonds is 5. The van der Waals surface area contributed by atoms with Crippen molar-refractivity contribution in [2.75, 3.05) is 0 Å². The molecule has 3 N–H and O–H groups in total. The second-order valence-electron chi connectivity index (χ2n) is 5.93. The molecule has 1 aromatic heterocycles. The lowest BCUT2D eigenvalue weighted by Gasteiger charge is -2.12. The predicted molar refractivity (Wildman–Crippen MR) is 102 cm³/mol. The Labute approximate surface area is 160 Å². The van der Waals surface area contributed by atoms with Crippen molar-refractivity contribution >= 4 is 17.9 Å². The topological polar surface area (TPSA) is 116 Å². The van der Waals surface area contributed by atoms with Gasteiger partial charge in [0.2, 0.25) is 0 Å². The van der Waals surface area contributed by atoms with Crippen LogP contribution in [0.25, 0.3) is 16.9 Å². The van der Waals surface area contributed by atoms with Crippen LogP contribution in [-0.2, 0) is 9.53 Å². The Morgan fingerprint density at radius 1 is 1.04 bits per heavy atom. The maximum absolute atomic E-state index is 12.7. The number of nitrogens with zero attached hydrogens (tertiary/aromatic N) is 2. The van der Waals surface area contributed by atoms with E-state index in [1.54, 1.807) is 18.2 Å². The van der Waals surface area contributed by atoms with Crippen molar-refractivity contribution in [1.29, 1.82) is 0 Å².